The molecule has 0 saturated carbocycles. The number of halogens is 1. The molecule has 1 heterocycles. The standard InChI is InChI=1S/C13H11FN2O/c1-9-2-3-11(14)6-10(9)7-13(17)12-8-15-4-5-16-12/h2-6,8H,7H2,1H3. The highest BCUT2D eigenvalue weighted by atomic mass is 19.1. The van der Waals surface area contributed by atoms with Gasteiger partial charge < -0.3 is 0 Å². The Morgan fingerprint density at radius 1 is 1.35 bits per heavy atom. The molecular formula is C13H11FN2O. The van der Waals surface area contributed by atoms with Gasteiger partial charge in [0.1, 0.15) is 11.5 Å². The average Bonchev–Trinajstić information content (AvgIpc) is 2.35. The average molecular weight is 230 g/mol. The molecule has 3 nitrogen and oxygen atoms in total. The molecule has 0 fully saturated rings. The van der Waals surface area contributed by atoms with Crippen molar-refractivity contribution in [3.05, 3.63) is 59.4 Å². The van der Waals surface area contributed by atoms with E-state index < -0.39 is 0 Å². The number of benzene rings is 1. The zero-order valence-electron chi connectivity index (χ0n) is 9.35. The monoisotopic (exact) mass is 230 g/mol. The van der Waals surface area contributed by atoms with Crippen LogP contribution in [0, 0.1) is 12.7 Å². The van der Waals surface area contributed by atoms with Gasteiger partial charge in [0.25, 0.3) is 0 Å². The normalized spacial score (nSPS) is 10.2. The second-order valence-corrected chi connectivity index (χ2v) is 3.76. The van der Waals surface area contributed by atoms with Crippen LogP contribution in [0.5, 0.6) is 0 Å². The summed E-state index contributed by atoms with van der Waals surface area (Å²) in [4.78, 5) is 19.6. The van der Waals surface area contributed by atoms with Gasteiger partial charge in [-0.2, -0.15) is 0 Å². The quantitative estimate of drug-likeness (QED) is 0.760. The predicted octanol–water partition coefficient (Wildman–Crippen LogP) is 2.35. The Morgan fingerprint density at radius 2 is 2.18 bits per heavy atom. The van der Waals surface area contributed by atoms with E-state index >= 15 is 0 Å². The predicted molar refractivity (Wildman–Crippen MR) is 61.2 cm³/mol. The summed E-state index contributed by atoms with van der Waals surface area (Å²) in [6.45, 7) is 1.85. The molecule has 2 rings (SSSR count). The van der Waals surface area contributed by atoms with Crippen molar-refractivity contribution < 1.29 is 9.18 Å². The first kappa shape index (κ1) is 11.4. The molecule has 0 atom stereocenters. The maximum Gasteiger partial charge on any atom is 0.187 e. The molecule has 0 amide bonds. The van der Waals surface area contributed by atoms with Gasteiger partial charge in [-0.25, -0.2) is 9.37 Å². The molecule has 0 spiro atoms. The largest absolute Gasteiger partial charge is 0.292 e. The first-order valence-electron chi connectivity index (χ1n) is 5.21. The summed E-state index contributed by atoms with van der Waals surface area (Å²) in [7, 11) is 0. The molecule has 0 aliphatic carbocycles. The smallest absolute Gasteiger partial charge is 0.187 e. The first-order chi connectivity index (χ1) is 8.16. The van der Waals surface area contributed by atoms with E-state index in [9.17, 15) is 9.18 Å². The highest BCUT2D eigenvalue weighted by Crippen LogP contribution is 2.12. The second-order valence-electron chi connectivity index (χ2n) is 3.76. The number of nitrogens with zero attached hydrogens (tertiary/aromatic N) is 2. The Hall–Kier alpha value is -2.10. The number of hydrogen-bond donors (Lipinski definition) is 0. The van der Waals surface area contributed by atoms with Gasteiger partial charge in [0, 0.05) is 18.8 Å². The maximum absolute atomic E-state index is 13.1. The minimum absolute atomic E-state index is 0.141. The van der Waals surface area contributed by atoms with Crippen molar-refractivity contribution in [3.8, 4) is 0 Å². The number of carbonyl (C=O) groups is 1. The van der Waals surface area contributed by atoms with Gasteiger partial charge in [0.2, 0.25) is 0 Å². The van der Waals surface area contributed by atoms with Gasteiger partial charge in [0.05, 0.1) is 6.20 Å². The molecule has 0 N–H and O–H groups in total. The Morgan fingerprint density at radius 3 is 2.88 bits per heavy atom. The lowest BCUT2D eigenvalue weighted by atomic mass is 10.0. The summed E-state index contributed by atoms with van der Waals surface area (Å²) in [5, 5.41) is 0. The molecule has 0 aliphatic rings. The van der Waals surface area contributed by atoms with Crippen LogP contribution in [-0.2, 0) is 6.42 Å². The Balaban J connectivity index is 2.22. The molecule has 17 heavy (non-hydrogen) atoms. The van der Waals surface area contributed by atoms with Crippen molar-refractivity contribution in [3.63, 3.8) is 0 Å². The molecule has 0 saturated heterocycles. The second kappa shape index (κ2) is 4.82. The molecule has 4 heteroatoms. The zero-order chi connectivity index (χ0) is 12.3. The van der Waals surface area contributed by atoms with Crippen LogP contribution in [-0.4, -0.2) is 15.8 Å². The topological polar surface area (TPSA) is 42.9 Å². The number of Topliss-reactive ketones (excluding diaryl/α,β-unsaturated/α-hetero) is 1. The van der Waals surface area contributed by atoms with Crippen LogP contribution in [0.1, 0.15) is 21.6 Å². The van der Waals surface area contributed by atoms with Crippen molar-refractivity contribution in [1.29, 1.82) is 0 Å². The molecule has 0 bridgehead atoms. The summed E-state index contributed by atoms with van der Waals surface area (Å²) in [6.07, 6.45) is 4.52. The minimum Gasteiger partial charge on any atom is -0.292 e. The summed E-state index contributed by atoms with van der Waals surface area (Å²) >= 11 is 0. The van der Waals surface area contributed by atoms with Crippen LogP contribution >= 0.6 is 0 Å². The Kier molecular flexibility index (Phi) is 3.23. The summed E-state index contributed by atoms with van der Waals surface area (Å²) in [6, 6.07) is 4.42. The van der Waals surface area contributed by atoms with E-state index in [1.165, 1.54) is 30.7 Å². The SMILES string of the molecule is Cc1ccc(F)cc1CC(=O)c1cnccn1. The molecule has 1 aromatic carbocycles. The van der Waals surface area contributed by atoms with Crippen LogP contribution in [0.4, 0.5) is 4.39 Å². The van der Waals surface area contributed by atoms with Gasteiger partial charge >= 0.3 is 0 Å². The van der Waals surface area contributed by atoms with Gasteiger partial charge in [-0.05, 0) is 30.2 Å². The van der Waals surface area contributed by atoms with Gasteiger partial charge in [0.15, 0.2) is 5.78 Å². The highest BCUT2D eigenvalue weighted by molar-refractivity contribution is 5.95. The van der Waals surface area contributed by atoms with Crippen molar-refractivity contribution in [2.45, 2.75) is 13.3 Å². The highest BCUT2D eigenvalue weighted by Gasteiger charge is 2.10. The van der Waals surface area contributed by atoms with Crippen LogP contribution in [0.3, 0.4) is 0 Å². The van der Waals surface area contributed by atoms with E-state index in [1.807, 2.05) is 6.92 Å². The fourth-order valence-corrected chi connectivity index (χ4v) is 1.54. The molecular weight excluding hydrogens is 219 g/mol. The van der Waals surface area contributed by atoms with Crippen LogP contribution < -0.4 is 0 Å². The maximum atomic E-state index is 13.1. The van der Waals surface area contributed by atoms with Crippen LogP contribution in [0.2, 0.25) is 0 Å². The third-order valence-electron chi connectivity index (χ3n) is 2.51. The van der Waals surface area contributed by atoms with E-state index in [2.05, 4.69) is 9.97 Å². The summed E-state index contributed by atoms with van der Waals surface area (Å²) in [5.74, 6) is -0.496. The van der Waals surface area contributed by atoms with Crippen molar-refractivity contribution in [1.82, 2.24) is 9.97 Å². The molecule has 0 radical (unpaired) electrons. The number of rotatable bonds is 3. The summed E-state index contributed by atoms with van der Waals surface area (Å²) < 4.78 is 13.1. The molecule has 0 unspecified atom stereocenters. The van der Waals surface area contributed by atoms with Crippen molar-refractivity contribution >= 4 is 5.78 Å². The first-order valence-corrected chi connectivity index (χ1v) is 5.21. The Bertz CT molecular complexity index is 540. The molecule has 1 aromatic heterocycles. The van der Waals surface area contributed by atoms with E-state index in [1.54, 1.807) is 6.07 Å². The zero-order valence-corrected chi connectivity index (χ0v) is 9.35. The van der Waals surface area contributed by atoms with Crippen LogP contribution in [0.25, 0.3) is 0 Å². The van der Waals surface area contributed by atoms with Gasteiger partial charge in [-0.1, -0.05) is 6.07 Å². The molecule has 0 aliphatic heterocycles. The lowest BCUT2D eigenvalue weighted by Crippen LogP contribution is -2.07. The van der Waals surface area contributed by atoms with E-state index in [-0.39, 0.29) is 18.0 Å². The fraction of sp³-hybridized carbons (Fsp3) is 0.154. The van der Waals surface area contributed by atoms with E-state index in [0.717, 1.165) is 5.56 Å². The number of hydrogen-bond acceptors (Lipinski definition) is 3. The Labute approximate surface area is 98.3 Å². The fourth-order valence-electron chi connectivity index (χ4n) is 1.54. The number of ketones is 1. The van der Waals surface area contributed by atoms with Gasteiger partial charge in [-0.15, -0.1) is 0 Å². The van der Waals surface area contributed by atoms with Crippen LogP contribution in [0.15, 0.2) is 36.8 Å². The minimum atomic E-state index is -0.336. The van der Waals surface area contributed by atoms with Crippen molar-refractivity contribution in [2.75, 3.05) is 0 Å². The molecule has 86 valence electrons. The third kappa shape index (κ3) is 2.72. The third-order valence-corrected chi connectivity index (χ3v) is 2.51. The lowest BCUT2D eigenvalue weighted by molar-refractivity contribution is 0.0987. The lowest BCUT2D eigenvalue weighted by Gasteiger charge is -2.04. The van der Waals surface area contributed by atoms with Crippen molar-refractivity contribution in [2.24, 2.45) is 0 Å². The van der Waals surface area contributed by atoms with E-state index in [4.69, 9.17) is 0 Å². The van der Waals surface area contributed by atoms with E-state index in [0.29, 0.717) is 11.3 Å². The number of aryl methyl sites for hydroxylation is 1. The van der Waals surface area contributed by atoms with Gasteiger partial charge in [-0.3, -0.25) is 9.78 Å². The summed E-state index contributed by atoms with van der Waals surface area (Å²) in [5.41, 5.74) is 1.88. The number of carbonyl (C=O) groups excluding carboxylic acids is 1. The number of aromatic nitrogens is 2. The molecule has 2 aromatic rings.